The Balaban J connectivity index is 1.73. The molecule has 1 heterocycles. The second-order valence-electron chi connectivity index (χ2n) is 6.84. The number of aromatic nitrogens is 2. The van der Waals surface area contributed by atoms with Crippen LogP contribution in [0, 0.1) is 5.92 Å². The molecule has 27 heavy (non-hydrogen) atoms. The molecule has 1 aliphatic rings. The number of rotatable bonds is 6. The molecule has 4 nitrogen and oxygen atoms in total. The van der Waals surface area contributed by atoms with Gasteiger partial charge in [-0.3, -0.25) is 4.79 Å². The van der Waals surface area contributed by atoms with Gasteiger partial charge in [0.05, 0.1) is 17.4 Å². The maximum absolute atomic E-state index is 13.6. The molecule has 2 aromatic rings. The number of hydrogen-bond acceptors (Lipinski definition) is 2. The van der Waals surface area contributed by atoms with E-state index in [4.69, 9.17) is 11.6 Å². The Morgan fingerprint density at radius 2 is 2.04 bits per heavy atom. The van der Waals surface area contributed by atoms with Crippen LogP contribution in [0.15, 0.2) is 30.5 Å². The lowest BCUT2D eigenvalue weighted by molar-refractivity contribution is -0.143. The third kappa shape index (κ3) is 4.83. The van der Waals surface area contributed by atoms with Crippen LogP contribution in [-0.2, 0) is 6.18 Å². The minimum Gasteiger partial charge on any atom is -0.352 e. The molecule has 1 aliphatic carbocycles. The Morgan fingerprint density at radius 1 is 1.30 bits per heavy atom. The molecule has 0 unspecified atom stereocenters. The summed E-state index contributed by atoms with van der Waals surface area (Å²) in [6.07, 6.45) is 2.89. The topological polar surface area (TPSA) is 46.9 Å². The van der Waals surface area contributed by atoms with Gasteiger partial charge in [0.15, 0.2) is 5.69 Å². The molecule has 1 saturated carbocycles. The van der Waals surface area contributed by atoms with Crippen LogP contribution in [0.2, 0.25) is 5.02 Å². The molecule has 0 aliphatic heterocycles. The van der Waals surface area contributed by atoms with E-state index in [1.807, 2.05) is 0 Å². The molecular weight excluding hydrogens is 379 g/mol. The van der Waals surface area contributed by atoms with Crippen LogP contribution >= 0.6 is 11.6 Å². The summed E-state index contributed by atoms with van der Waals surface area (Å²) in [6, 6.07) is 5.91. The summed E-state index contributed by atoms with van der Waals surface area (Å²) in [6.45, 7) is 0.356. The quantitative estimate of drug-likeness (QED) is 0.675. The van der Waals surface area contributed by atoms with E-state index in [2.05, 4.69) is 10.4 Å². The smallest absolute Gasteiger partial charge is 0.352 e. The van der Waals surface area contributed by atoms with Gasteiger partial charge in [-0.2, -0.15) is 18.3 Å². The first-order valence-electron chi connectivity index (χ1n) is 9.05. The average molecular weight is 400 g/mol. The average Bonchev–Trinajstić information content (AvgIpc) is 3.27. The van der Waals surface area contributed by atoms with Crippen LogP contribution in [0.4, 0.5) is 13.2 Å². The van der Waals surface area contributed by atoms with Crippen molar-refractivity contribution in [2.24, 2.45) is 5.92 Å². The lowest BCUT2D eigenvalue weighted by Gasteiger charge is -2.13. The van der Waals surface area contributed by atoms with Crippen LogP contribution in [-0.4, -0.2) is 22.2 Å². The fourth-order valence-electron chi connectivity index (χ4n) is 3.58. The van der Waals surface area contributed by atoms with Crippen LogP contribution in [0.1, 0.15) is 54.6 Å². The van der Waals surface area contributed by atoms with Crippen molar-refractivity contribution in [3.8, 4) is 5.69 Å². The number of amides is 1. The van der Waals surface area contributed by atoms with E-state index in [0.29, 0.717) is 17.1 Å². The number of benzene rings is 1. The summed E-state index contributed by atoms with van der Waals surface area (Å²) in [5.74, 6) is -0.0831. The molecule has 0 radical (unpaired) electrons. The molecule has 1 aromatic heterocycles. The van der Waals surface area contributed by atoms with Crippen molar-refractivity contribution in [3.05, 3.63) is 46.7 Å². The van der Waals surface area contributed by atoms with E-state index in [-0.39, 0.29) is 10.7 Å². The van der Waals surface area contributed by atoms with Crippen LogP contribution < -0.4 is 5.32 Å². The molecule has 0 atom stereocenters. The van der Waals surface area contributed by atoms with Crippen molar-refractivity contribution in [1.82, 2.24) is 15.1 Å². The molecule has 3 rings (SSSR count). The van der Waals surface area contributed by atoms with Gasteiger partial charge in [-0.15, -0.1) is 0 Å². The molecule has 0 bridgehead atoms. The highest BCUT2D eigenvalue weighted by Gasteiger charge is 2.40. The Kier molecular flexibility index (Phi) is 6.09. The summed E-state index contributed by atoms with van der Waals surface area (Å²) in [4.78, 5) is 12.3. The standard InChI is InChI=1S/C19H21ClF3N3O/c20-14-8-3-9-15(11-14)26-17(19(21,22)23)16(12-25-26)18(27)24-10-4-7-13-5-1-2-6-13/h3,8-9,11-13H,1-2,4-7,10H2,(H,24,27). The fourth-order valence-corrected chi connectivity index (χ4v) is 3.76. The molecule has 1 amide bonds. The number of halogens is 4. The lowest BCUT2D eigenvalue weighted by Crippen LogP contribution is -2.27. The zero-order valence-corrected chi connectivity index (χ0v) is 15.5. The monoisotopic (exact) mass is 399 g/mol. The summed E-state index contributed by atoms with van der Waals surface area (Å²) in [5, 5.41) is 6.66. The largest absolute Gasteiger partial charge is 0.434 e. The second kappa shape index (κ2) is 8.33. The van der Waals surface area contributed by atoms with Crippen molar-refractivity contribution in [2.45, 2.75) is 44.7 Å². The second-order valence-corrected chi connectivity index (χ2v) is 7.28. The number of carbonyl (C=O) groups excluding carboxylic acids is 1. The minimum absolute atomic E-state index is 0.148. The number of hydrogen-bond donors (Lipinski definition) is 1. The predicted octanol–water partition coefficient (Wildman–Crippen LogP) is 5.24. The van der Waals surface area contributed by atoms with Crippen molar-refractivity contribution < 1.29 is 18.0 Å². The van der Waals surface area contributed by atoms with Gasteiger partial charge in [0.1, 0.15) is 0 Å². The maximum Gasteiger partial charge on any atom is 0.434 e. The highest BCUT2D eigenvalue weighted by atomic mass is 35.5. The number of nitrogens with one attached hydrogen (secondary N) is 1. The van der Waals surface area contributed by atoms with Crippen molar-refractivity contribution in [1.29, 1.82) is 0 Å². The van der Waals surface area contributed by atoms with Crippen molar-refractivity contribution in [2.75, 3.05) is 6.54 Å². The molecule has 1 N–H and O–H groups in total. The first kappa shape index (κ1) is 19.7. The van der Waals surface area contributed by atoms with Crippen LogP contribution in [0.3, 0.4) is 0 Å². The third-order valence-electron chi connectivity index (χ3n) is 4.88. The van der Waals surface area contributed by atoms with E-state index >= 15 is 0 Å². The van der Waals surface area contributed by atoms with Crippen LogP contribution in [0.5, 0.6) is 0 Å². The molecular formula is C19H21ClF3N3O. The van der Waals surface area contributed by atoms with Gasteiger partial charge in [-0.1, -0.05) is 43.4 Å². The zero-order valence-electron chi connectivity index (χ0n) is 14.7. The van der Waals surface area contributed by atoms with Gasteiger partial charge in [0, 0.05) is 11.6 Å². The normalized spacial score (nSPS) is 15.3. The maximum atomic E-state index is 13.6. The fraction of sp³-hybridized carbons (Fsp3) is 0.474. The first-order valence-corrected chi connectivity index (χ1v) is 9.43. The Morgan fingerprint density at radius 3 is 2.70 bits per heavy atom. The van der Waals surface area contributed by atoms with E-state index in [0.717, 1.165) is 19.0 Å². The Bertz CT molecular complexity index is 798. The number of alkyl halides is 3. The molecule has 146 valence electrons. The first-order chi connectivity index (χ1) is 12.9. The van der Waals surface area contributed by atoms with E-state index in [1.54, 1.807) is 6.07 Å². The molecule has 0 saturated heterocycles. The predicted molar refractivity (Wildman–Crippen MR) is 97.1 cm³/mol. The van der Waals surface area contributed by atoms with Crippen LogP contribution in [0.25, 0.3) is 5.69 Å². The lowest BCUT2D eigenvalue weighted by atomic mass is 10.0. The van der Waals surface area contributed by atoms with Gasteiger partial charge >= 0.3 is 6.18 Å². The number of nitrogens with zero attached hydrogens (tertiary/aromatic N) is 2. The minimum atomic E-state index is -4.73. The number of carbonyl (C=O) groups is 1. The zero-order chi connectivity index (χ0) is 19.4. The van der Waals surface area contributed by atoms with E-state index in [1.165, 1.54) is 43.9 Å². The van der Waals surface area contributed by atoms with Gasteiger partial charge in [-0.25, -0.2) is 4.68 Å². The Hall–Kier alpha value is -2.02. The summed E-state index contributed by atoms with van der Waals surface area (Å²) in [5.41, 5.74) is -1.43. The van der Waals surface area contributed by atoms with Crippen molar-refractivity contribution >= 4 is 17.5 Å². The summed E-state index contributed by atoms with van der Waals surface area (Å²) in [7, 11) is 0. The summed E-state index contributed by atoms with van der Waals surface area (Å²) < 4.78 is 41.5. The van der Waals surface area contributed by atoms with Gasteiger partial charge in [0.25, 0.3) is 5.91 Å². The molecule has 8 heteroatoms. The van der Waals surface area contributed by atoms with Crippen molar-refractivity contribution in [3.63, 3.8) is 0 Å². The molecule has 1 fully saturated rings. The summed E-state index contributed by atoms with van der Waals surface area (Å²) >= 11 is 5.87. The van der Waals surface area contributed by atoms with Gasteiger partial charge in [-0.05, 0) is 37.0 Å². The third-order valence-corrected chi connectivity index (χ3v) is 5.12. The van der Waals surface area contributed by atoms with E-state index < -0.39 is 23.3 Å². The van der Waals surface area contributed by atoms with Gasteiger partial charge < -0.3 is 5.32 Å². The highest BCUT2D eigenvalue weighted by Crippen LogP contribution is 2.34. The highest BCUT2D eigenvalue weighted by molar-refractivity contribution is 6.30. The SMILES string of the molecule is O=C(NCCCC1CCCC1)c1cnn(-c2cccc(Cl)c2)c1C(F)(F)F. The Labute approximate surface area is 160 Å². The van der Waals surface area contributed by atoms with E-state index in [9.17, 15) is 18.0 Å². The molecule has 1 aromatic carbocycles. The molecule has 0 spiro atoms. The van der Waals surface area contributed by atoms with Gasteiger partial charge in [0.2, 0.25) is 0 Å².